The molecule has 1 atom stereocenters. The molecule has 29 heavy (non-hydrogen) atoms. The minimum absolute atomic E-state index is 0.0582. The number of aryl methyl sites for hydroxylation is 1. The van der Waals surface area contributed by atoms with Crippen molar-refractivity contribution < 1.29 is 9.84 Å². The molecule has 0 saturated carbocycles. The lowest BCUT2D eigenvalue weighted by Crippen LogP contribution is -2.10. The van der Waals surface area contributed by atoms with Gasteiger partial charge in [-0.3, -0.25) is 4.79 Å². The zero-order chi connectivity index (χ0) is 20.7. The van der Waals surface area contributed by atoms with Crippen LogP contribution in [0.2, 0.25) is 0 Å². The van der Waals surface area contributed by atoms with E-state index in [1.54, 1.807) is 13.2 Å². The van der Waals surface area contributed by atoms with Gasteiger partial charge in [0, 0.05) is 10.8 Å². The number of ether oxygens (including phenoxy) is 1. The lowest BCUT2D eigenvalue weighted by atomic mass is 9.94. The summed E-state index contributed by atoms with van der Waals surface area (Å²) >= 11 is 0. The minimum Gasteiger partial charge on any atom is -0.507 e. The third-order valence-electron chi connectivity index (χ3n) is 5.44. The Labute approximate surface area is 168 Å². The number of hydrogen-bond acceptors (Lipinski definition) is 5. The first-order valence-corrected chi connectivity index (χ1v) is 9.49. The molecule has 6 nitrogen and oxygen atoms in total. The first kappa shape index (κ1) is 19.0. The number of aromatic amines is 1. The largest absolute Gasteiger partial charge is 0.507 e. The van der Waals surface area contributed by atoms with Gasteiger partial charge in [0.1, 0.15) is 5.75 Å². The van der Waals surface area contributed by atoms with E-state index in [2.05, 4.69) is 16.9 Å². The first-order chi connectivity index (χ1) is 14.0. The highest BCUT2D eigenvalue weighted by Crippen LogP contribution is 2.40. The molecule has 0 radical (unpaired) electrons. The number of aromatic hydroxyl groups is 1. The highest BCUT2D eigenvalue weighted by molar-refractivity contribution is 6.15. The van der Waals surface area contributed by atoms with Gasteiger partial charge in [-0.05, 0) is 36.6 Å². The van der Waals surface area contributed by atoms with Crippen LogP contribution in [0, 0.1) is 6.92 Å². The Bertz CT molecular complexity index is 1280. The molecule has 1 unspecified atom stereocenters. The number of fused-ring (bicyclic) bond motifs is 3. The highest BCUT2D eigenvalue weighted by atomic mass is 16.5. The third-order valence-corrected chi connectivity index (χ3v) is 5.44. The van der Waals surface area contributed by atoms with Gasteiger partial charge in [0.15, 0.2) is 0 Å². The maximum atomic E-state index is 12.6. The van der Waals surface area contributed by atoms with E-state index in [4.69, 9.17) is 10.5 Å². The molecule has 2 heterocycles. The van der Waals surface area contributed by atoms with Crippen molar-refractivity contribution in [3.63, 3.8) is 0 Å². The molecular formula is C23H23N3O3. The van der Waals surface area contributed by atoms with Gasteiger partial charge in [0.25, 0.3) is 5.56 Å². The molecule has 4 aromatic rings. The fourth-order valence-electron chi connectivity index (χ4n) is 3.79. The summed E-state index contributed by atoms with van der Waals surface area (Å²) in [5.41, 5.74) is 9.55. The maximum Gasteiger partial charge on any atom is 0.260 e. The van der Waals surface area contributed by atoms with Crippen LogP contribution in [0.5, 0.6) is 11.6 Å². The quantitative estimate of drug-likeness (QED) is 0.461. The lowest BCUT2D eigenvalue weighted by Gasteiger charge is -2.16. The number of nitrogens with two attached hydrogens (primary N) is 1. The average molecular weight is 389 g/mol. The van der Waals surface area contributed by atoms with Gasteiger partial charge >= 0.3 is 0 Å². The molecule has 0 spiro atoms. The smallest absolute Gasteiger partial charge is 0.260 e. The number of phenolic OH excluding ortho intramolecular Hbond substituents is 1. The second-order valence-electron chi connectivity index (χ2n) is 7.24. The number of nitrogens with zero attached hydrogens (tertiary/aromatic N) is 1. The SMILES string of the molecule is COc1nc(C)c2[nH]c(=O)c3c(O)cccc3c2c1-c1ccc(C(C)CN)cc1. The Morgan fingerprint density at radius 3 is 2.55 bits per heavy atom. The van der Waals surface area contributed by atoms with E-state index >= 15 is 0 Å². The molecular weight excluding hydrogens is 366 g/mol. The van der Waals surface area contributed by atoms with Crippen molar-refractivity contribution in [3.8, 4) is 22.8 Å². The summed E-state index contributed by atoms with van der Waals surface area (Å²) in [5.74, 6) is 0.663. The third kappa shape index (κ3) is 3.02. The summed E-state index contributed by atoms with van der Waals surface area (Å²) in [6.07, 6.45) is 0. The van der Waals surface area contributed by atoms with E-state index in [9.17, 15) is 9.90 Å². The Kier molecular flexibility index (Phi) is 4.72. The molecule has 0 aliphatic heterocycles. The van der Waals surface area contributed by atoms with Crippen LogP contribution < -0.4 is 16.0 Å². The van der Waals surface area contributed by atoms with Crippen molar-refractivity contribution in [2.45, 2.75) is 19.8 Å². The number of hydrogen-bond donors (Lipinski definition) is 3. The molecule has 0 saturated heterocycles. The topological polar surface area (TPSA) is 101 Å². The summed E-state index contributed by atoms with van der Waals surface area (Å²) in [7, 11) is 1.58. The molecule has 0 bridgehead atoms. The summed E-state index contributed by atoms with van der Waals surface area (Å²) in [6.45, 7) is 4.48. The number of rotatable bonds is 4. The Balaban J connectivity index is 2.14. The van der Waals surface area contributed by atoms with Gasteiger partial charge < -0.3 is 20.6 Å². The minimum atomic E-state index is -0.348. The van der Waals surface area contributed by atoms with Crippen LogP contribution in [-0.4, -0.2) is 28.7 Å². The Morgan fingerprint density at radius 2 is 1.90 bits per heavy atom. The number of pyridine rings is 2. The zero-order valence-corrected chi connectivity index (χ0v) is 16.6. The molecule has 0 amide bonds. The monoisotopic (exact) mass is 389 g/mol. The highest BCUT2D eigenvalue weighted by Gasteiger charge is 2.20. The summed E-state index contributed by atoms with van der Waals surface area (Å²) in [4.78, 5) is 20.1. The maximum absolute atomic E-state index is 12.6. The van der Waals surface area contributed by atoms with Crippen LogP contribution in [0.3, 0.4) is 0 Å². The van der Waals surface area contributed by atoms with E-state index in [-0.39, 0.29) is 22.6 Å². The number of aromatic nitrogens is 2. The van der Waals surface area contributed by atoms with Crippen molar-refractivity contribution in [1.82, 2.24) is 9.97 Å². The van der Waals surface area contributed by atoms with Crippen molar-refractivity contribution in [2.24, 2.45) is 5.73 Å². The molecule has 148 valence electrons. The number of phenols is 1. The standard InChI is InChI=1S/C23H23N3O3/c1-12(11-24)14-7-9-15(10-8-14)18-20-16-5-4-6-17(27)19(16)22(28)26-21(20)13(2)25-23(18)29-3/h4-10,12,27H,11,24H2,1-3H3,(H,26,28). The molecule has 2 aromatic carbocycles. The number of H-pyrrole nitrogens is 1. The zero-order valence-electron chi connectivity index (χ0n) is 16.6. The van der Waals surface area contributed by atoms with Crippen molar-refractivity contribution >= 4 is 21.7 Å². The predicted octanol–water partition coefficient (Wildman–Crippen LogP) is 3.83. The van der Waals surface area contributed by atoms with E-state index in [0.29, 0.717) is 29.0 Å². The second kappa shape index (κ2) is 7.22. The van der Waals surface area contributed by atoms with Crippen molar-refractivity contribution in [2.75, 3.05) is 13.7 Å². The Morgan fingerprint density at radius 1 is 1.17 bits per heavy atom. The van der Waals surface area contributed by atoms with Gasteiger partial charge in [-0.15, -0.1) is 0 Å². The first-order valence-electron chi connectivity index (χ1n) is 9.49. The van der Waals surface area contributed by atoms with Crippen LogP contribution in [0.25, 0.3) is 32.8 Å². The lowest BCUT2D eigenvalue weighted by molar-refractivity contribution is 0.399. The normalized spacial score (nSPS) is 12.4. The van der Waals surface area contributed by atoms with Crippen LogP contribution in [-0.2, 0) is 0 Å². The molecule has 4 N–H and O–H groups in total. The van der Waals surface area contributed by atoms with Crippen LogP contribution in [0.15, 0.2) is 47.3 Å². The summed E-state index contributed by atoms with van der Waals surface area (Å²) in [5, 5.41) is 12.0. The van der Waals surface area contributed by atoms with E-state index in [1.165, 1.54) is 6.07 Å². The van der Waals surface area contributed by atoms with E-state index in [0.717, 1.165) is 22.1 Å². The predicted molar refractivity (Wildman–Crippen MR) is 116 cm³/mol. The molecule has 0 aliphatic carbocycles. The van der Waals surface area contributed by atoms with Crippen LogP contribution in [0.4, 0.5) is 0 Å². The molecule has 2 aromatic heterocycles. The van der Waals surface area contributed by atoms with Gasteiger partial charge in [-0.2, -0.15) is 0 Å². The van der Waals surface area contributed by atoms with E-state index < -0.39 is 0 Å². The van der Waals surface area contributed by atoms with Crippen LogP contribution >= 0.6 is 0 Å². The molecule has 0 aliphatic rings. The summed E-state index contributed by atoms with van der Waals surface area (Å²) in [6, 6.07) is 13.2. The Hall–Kier alpha value is -3.38. The fraction of sp³-hybridized carbons (Fsp3) is 0.217. The van der Waals surface area contributed by atoms with Gasteiger partial charge in [-0.25, -0.2) is 4.98 Å². The van der Waals surface area contributed by atoms with Gasteiger partial charge in [0.2, 0.25) is 5.88 Å². The number of methoxy groups -OCH3 is 1. The van der Waals surface area contributed by atoms with E-state index in [1.807, 2.05) is 37.3 Å². The van der Waals surface area contributed by atoms with Crippen LogP contribution in [0.1, 0.15) is 24.1 Å². The average Bonchev–Trinajstić information content (AvgIpc) is 2.73. The molecule has 6 heteroatoms. The number of nitrogens with one attached hydrogen (secondary N) is 1. The number of benzene rings is 2. The molecule has 0 fully saturated rings. The fourth-order valence-corrected chi connectivity index (χ4v) is 3.79. The van der Waals surface area contributed by atoms with Crippen molar-refractivity contribution in [3.05, 3.63) is 64.1 Å². The second-order valence-corrected chi connectivity index (χ2v) is 7.24. The van der Waals surface area contributed by atoms with Gasteiger partial charge in [-0.1, -0.05) is 43.3 Å². The summed E-state index contributed by atoms with van der Waals surface area (Å²) < 4.78 is 5.61. The van der Waals surface area contributed by atoms with Crippen molar-refractivity contribution in [1.29, 1.82) is 0 Å². The van der Waals surface area contributed by atoms with Gasteiger partial charge in [0.05, 0.1) is 29.3 Å². The molecule has 4 rings (SSSR count).